The Kier molecular flexibility index (Phi) is 8.00. The predicted molar refractivity (Wildman–Crippen MR) is 121 cm³/mol. The number of hydrogen-bond acceptors (Lipinski definition) is 5. The fourth-order valence-electron chi connectivity index (χ4n) is 4.08. The number of rotatable bonds is 10. The van der Waals surface area contributed by atoms with E-state index in [4.69, 9.17) is 17.3 Å². The maximum atomic E-state index is 14.1. The highest BCUT2D eigenvalue weighted by atomic mass is 35.5. The molecule has 7 nitrogen and oxygen atoms in total. The molecule has 0 saturated heterocycles. The second kappa shape index (κ2) is 10.4. The summed E-state index contributed by atoms with van der Waals surface area (Å²) in [7, 11) is 3.52. The van der Waals surface area contributed by atoms with Crippen molar-refractivity contribution < 1.29 is 27.2 Å². The van der Waals surface area contributed by atoms with E-state index in [0.717, 1.165) is 0 Å². The Morgan fingerprint density at radius 2 is 1.86 bits per heavy atom. The molecule has 3 rings (SSSR count). The number of halogens is 5. The van der Waals surface area contributed by atoms with E-state index in [1.165, 1.54) is 24.5 Å². The van der Waals surface area contributed by atoms with Crippen LogP contribution in [0.5, 0.6) is 0 Å². The molecule has 1 aromatic carbocycles. The zero-order valence-corrected chi connectivity index (χ0v) is 20.0. The molecule has 0 spiro atoms. The molecular weight excluding hydrogens is 490 g/mol. The number of likely N-dealkylation sites (N-methyl/N-ethyl adjacent to an activating group) is 1. The number of primary amides is 1. The van der Waals surface area contributed by atoms with Crippen LogP contribution in [-0.4, -0.2) is 59.5 Å². The summed E-state index contributed by atoms with van der Waals surface area (Å²) in [6.07, 6.45) is -2.41. The summed E-state index contributed by atoms with van der Waals surface area (Å²) < 4.78 is 55.7. The van der Waals surface area contributed by atoms with Crippen LogP contribution in [0.15, 0.2) is 30.6 Å². The van der Waals surface area contributed by atoms with Crippen LogP contribution in [0.25, 0.3) is 0 Å². The van der Waals surface area contributed by atoms with Gasteiger partial charge in [0.05, 0.1) is 16.0 Å². The van der Waals surface area contributed by atoms with Crippen molar-refractivity contribution in [2.45, 2.75) is 43.8 Å². The monoisotopic (exact) mass is 515 g/mol. The van der Waals surface area contributed by atoms with Gasteiger partial charge in [0.15, 0.2) is 0 Å². The third kappa shape index (κ3) is 6.26. The van der Waals surface area contributed by atoms with E-state index < -0.39 is 41.6 Å². The summed E-state index contributed by atoms with van der Waals surface area (Å²) in [5, 5.41) is 2.88. The van der Waals surface area contributed by atoms with E-state index in [9.17, 15) is 27.2 Å². The third-order valence-corrected chi connectivity index (χ3v) is 6.59. The highest BCUT2D eigenvalue weighted by molar-refractivity contribution is 6.30. The molecule has 3 N–H and O–H groups in total. The minimum atomic E-state index is -4.51. The molecule has 0 aliphatic heterocycles. The molecule has 35 heavy (non-hydrogen) atoms. The van der Waals surface area contributed by atoms with Crippen molar-refractivity contribution in [2.75, 3.05) is 20.6 Å². The molecule has 2 amide bonds. The predicted octanol–water partition coefficient (Wildman–Crippen LogP) is 3.47. The Morgan fingerprint density at radius 1 is 1.23 bits per heavy atom. The molecule has 1 aliphatic carbocycles. The van der Waals surface area contributed by atoms with Crippen LogP contribution < -0.4 is 11.1 Å². The van der Waals surface area contributed by atoms with Gasteiger partial charge >= 0.3 is 6.18 Å². The summed E-state index contributed by atoms with van der Waals surface area (Å²) in [4.78, 5) is 33.7. The van der Waals surface area contributed by atoms with Crippen molar-refractivity contribution in [1.29, 1.82) is 0 Å². The van der Waals surface area contributed by atoms with Gasteiger partial charge < -0.3 is 16.0 Å². The van der Waals surface area contributed by atoms with Crippen LogP contribution in [0.1, 0.15) is 46.9 Å². The normalized spacial score (nSPS) is 16.6. The summed E-state index contributed by atoms with van der Waals surface area (Å²) >= 11 is 5.78. The summed E-state index contributed by atoms with van der Waals surface area (Å²) in [6.45, 7) is 0.109. The van der Waals surface area contributed by atoms with E-state index in [2.05, 4.69) is 15.3 Å². The second-order valence-electron chi connectivity index (χ2n) is 8.97. The van der Waals surface area contributed by atoms with Crippen molar-refractivity contribution in [3.05, 3.63) is 58.4 Å². The van der Waals surface area contributed by atoms with Gasteiger partial charge in [-0.25, -0.2) is 14.4 Å². The number of alkyl halides is 3. The van der Waals surface area contributed by atoms with Crippen LogP contribution in [0.4, 0.5) is 17.6 Å². The van der Waals surface area contributed by atoms with Gasteiger partial charge in [-0.05, 0) is 51.1 Å². The number of benzene rings is 1. The van der Waals surface area contributed by atoms with Crippen molar-refractivity contribution in [2.24, 2.45) is 11.1 Å². The third-order valence-electron chi connectivity index (χ3n) is 6.40. The number of carbonyl (C=O) groups excluding carboxylic acids is 2. The van der Waals surface area contributed by atoms with Crippen LogP contribution in [0.3, 0.4) is 0 Å². The van der Waals surface area contributed by atoms with Gasteiger partial charge in [-0.1, -0.05) is 17.7 Å². The van der Waals surface area contributed by atoms with Gasteiger partial charge in [0.1, 0.15) is 11.6 Å². The first-order valence-corrected chi connectivity index (χ1v) is 11.3. The lowest BCUT2D eigenvalue weighted by atomic mass is 9.84. The largest absolute Gasteiger partial charge is 0.395 e. The van der Waals surface area contributed by atoms with E-state index >= 15 is 0 Å². The lowest BCUT2D eigenvalue weighted by molar-refractivity contribution is -0.195. The molecule has 0 radical (unpaired) electrons. The minimum absolute atomic E-state index is 0.0754. The Labute approximate surface area is 205 Å². The SMILES string of the molecule is CN(C)C(CNC(=O)CC(c1ncc(Cl)cn1)C1(C(F)(F)F)CC1)Cc1ccc(C(N)=O)c(F)c1. The second-order valence-corrected chi connectivity index (χ2v) is 9.41. The number of hydrogen-bond donors (Lipinski definition) is 2. The maximum absolute atomic E-state index is 14.1. The summed E-state index contributed by atoms with van der Waals surface area (Å²) in [5.41, 5.74) is 3.43. The topological polar surface area (TPSA) is 101 Å². The molecule has 1 aromatic heterocycles. The highest BCUT2D eigenvalue weighted by Crippen LogP contribution is 2.65. The number of amides is 2. The van der Waals surface area contributed by atoms with Crippen LogP contribution in [-0.2, 0) is 11.2 Å². The van der Waals surface area contributed by atoms with E-state index in [1.54, 1.807) is 25.1 Å². The Hall–Kier alpha value is -2.79. The molecule has 190 valence electrons. The van der Waals surface area contributed by atoms with Crippen molar-refractivity contribution in [3.8, 4) is 0 Å². The van der Waals surface area contributed by atoms with Crippen LogP contribution in [0.2, 0.25) is 5.02 Å². The zero-order chi connectivity index (χ0) is 26.0. The molecule has 2 unspecified atom stereocenters. The smallest absolute Gasteiger partial charge is 0.366 e. The molecule has 12 heteroatoms. The zero-order valence-electron chi connectivity index (χ0n) is 19.2. The number of aromatic nitrogens is 2. The van der Waals surface area contributed by atoms with E-state index in [-0.39, 0.29) is 41.8 Å². The molecule has 0 bridgehead atoms. The van der Waals surface area contributed by atoms with Crippen molar-refractivity contribution >= 4 is 23.4 Å². The van der Waals surface area contributed by atoms with E-state index in [1.807, 2.05) is 0 Å². The number of nitrogens with one attached hydrogen (secondary N) is 1. The van der Waals surface area contributed by atoms with Gasteiger partial charge in [0.2, 0.25) is 5.91 Å². The molecular formula is C23H26ClF4N5O2. The molecule has 1 aliphatic rings. The Bertz CT molecular complexity index is 1070. The molecule has 1 heterocycles. The highest BCUT2D eigenvalue weighted by Gasteiger charge is 2.68. The van der Waals surface area contributed by atoms with Gasteiger partial charge in [-0.2, -0.15) is 13.2 Å². The molecule has 2 aromatic rings. The van der Waals surface area contributed by atoms with Gasteiger partial charge in [0, 0.05) is 37.3 Å². The van der Waals surface area contributed by atoms with E-state index in [0.29, 0.717) is 12.0 Å². The van der Waals surface area contributed by atoms with Crippen LogP contribution >= 0.6 is 11.6 Å². The number of carbonyl (C=O) groups is 2. The Morgan fingerprint density at radius 3 is 2.34 bits per heavy atom. The maximum Gasteiger partial charge on any atom is 0.395 e. The van der Waals surface area contributed by atoms with Gasteiger partial charge in [0.25, 0.3) is 5.91 Å². The lowest BCUT2D eigenvalue weighted by Crippen LogP contribution is -2.43. The van der Waals surface area contributed by atoms with Gasteiger partial charge in [-0.15, -0.1) is 0 Å². The average Bonchev–Trinajstić information content (AvgIpc) is 3.57. The Balaban J connectivity index is 1.70. The molecule has 1 fully saturated rings. The number of nitrogens with zero attached hydrogens (tertiary/aromatic N) is 3. The quantitative estimate of drug-likeness (QED) is 0.472. The fraction of sp³-hybridized carbons (Fsp3) is 0.478. The fourth-order valence-corrected chi connectivity index (χ4v) is 4.18. The van der Waals surface area contributed by atoms with Crippen LogP contribution in [0, 0.1) is 11.2 Å². The first-order valence-electron chi connectivity index (χ1n) is 10.9. The standard InChI is InChI=1S/C23H26ClF4N5O2/c1-33(2)15(7-13-3-4-16(20(29)35)18(25)8-13)12-30-19(34)9-17(21-31-10-14(24)11-32-21)22(5-6-22)23(26,27)28/h3-4,8,10-11,15,17H,5-7,9,12H2,1-2H3,(H2,29,35)(H,30,34). The molecule has 2 atom stereocenters. The lowest BCUT2D eigenvalue weighted by Gasteiger charge is -2.29. The summed E-state index contributed by atoms with van der Waals surface area (Å²) in [6, 6.07) is 3.77. The number of nitrogens with two attached hydrogens (primary N) is 1. The van der Waals surface area contributed by atoms with Crippen molar-refractivity contribution in [3.63, 3.8) is 0 Å². The van der Waals surface area contributed by atoms with Gasteiger partial charge in [-0.3, -0.25) is 9.59 Å². The van der Waals surface area contributed by atoms with Crippen molar-refractivity contribution in [1.82, 2.24) is 20.2 Å². The average molecular weight is 516 g/mol. The first kappa shape index (κ1) is 26.8. The first-order chi connectivity index (χ1) is 16.3. The minimum Gasteiger partial charge on any atom is -0.366 e. The molecule has 1 saturated carbocycles. The summed E-state index contributed by atoms with van der Waals surface area (Å²) in [5.74, 6) is -3.52.